The Morgan fingerprint density at radius 3 is 2.79 bits per heavy atom. The SMILES string of the molecule is COCCCn1c([C@@H]2CCCN(C(=O)CC(CN)c3ccc(Cl)cc3)C2)nc2ccccc21. The van der Waals surface area contributed by atoms with E-state index in [1.807, 2.05) is 35.2 Å². The number of hydrogen-bond acceptors (Lipinski definition) is 4. The van der Waals surface area contributed by atoms with Crippen molar-refractivity contribution in [3.8, 4) is 0 Å². The Morgan fingerprint density at radius 1 is 1.24 bits per heavy atom. The van der Waals surface area contributed by atoms with Gasteiger partial charge in [0.2, 0.25) is 5.91 Å². The smallest absolute Gasteiger partial charge is 0.223 e. The summed E-state index contributed by atoms with van der Waals surface area (Å²) in [5.74, 6) is 1.46. The zero-order valence-electron chi connectivity index (χ0n) is 19.3. The first-order chi connectivity index (χ1) is 16.1. The van der Waals surface area contributed by atoms with Gasteiger partial charge in [0.05, 0.1) is 11.0 Å². The number of imidazole rings is 1. The Labute approximate surface area is 200 Å². The van der Waals surface area contributed by atoms with Crippen LogP contribution >= 0.6 is 11.6 Å². The number of carbonyl (C=O) groups excluding carboxylic acids is 1. The van der Waals surface area contributed by atoms with Crippen molar-refractivity contribution in [2.75, 3.05) is 33.4 Å². The van der Waals surface area contributed by atoms with Gasteiger partial charge in [0.25, 0.3) is 0 Å². The summed E-state index contributed by atoms with van der Waals surface area (Å²) in [5, 5.41) is 0.688. The number of nitrogens with two attached hydrogens (primary N) is 1. The van der Waals surface area contributed by atoms with Gasteiger partial charge in [-0.05, 0) is 55.6 Å². The molecule has 0 radical (unpaired) electrons. The normalized spacial score (nSPS) is 17.4. The molecule has 6 nitrogen and oxygen atoms in total. The number of amides is 1. The van der Waals surface area contributed by atoms with Crippen LogP contribution in [0.3, 0.4) is 0 Å². The van der Waals surface area contributed by atoms with Crippen LogP contribution in [0, 0.1) is 0 Å². The molecule has 176 valence electrons. The number of ether oxygens (including phenoxy) is 1. The van der Waals surface area contributed by atoms with Crippen molar-refractivity contribution in [1.82, 2.24) is 14.5 Å². The summed E-state index contributed by atoms with van der Waals surface area (Å²) in [7, 11) is 1.73. The molecule has 1 aliphatic heterocycles. The maximum absolute atomic E-state index is 13.3. The number of aromatic nitrogens is 2. The van der Waals surface area contributed by atoms with Crippen LogP contribution in [0.1, 0.15) is 48.9 Å². The van der Waals surface area contributed by atoms with Crippen LogP contribution in [-0.4, -0.2) is 53.7 Å². The van der Waals surface area contributed by atoms with Crippen LogP contribution in [0.25, 0.3) is 11.0 Å². The predicted octanol–water partition coefficient (Wildman–Crippen LogP) is 4.56. The van der Waals surface area contributed by atoms with E-state index in [9.17, 15) is 4.79 Å². The molecule has 2 N–H and O–H groups in total. The van der Waals surface area contributed by atoms with Crippen molar-refractivity contribution in [3.05, 3.63) is 64.9 Å². The van der Waals surface area contributed by atoms with Gasteiger partial charge in [0.15, 0.2) is 0 Å². The first-order valence-electron chi connectivity index (χ1n) is 11.8. The molecular weight excluding hydrogens is 436 g/mol. The summed E-state index contributed by atoms with van der Waals surface area (Å²) in [6.45, 7) is 3.49. The second-order valence-electron chi connectivity index (χ2n) is 8.82. The monoisotopic (exact) mass is 468 g/mol. The van der Waals surface area contributed by atoms with Gasteiger partial charge in [-0.1, -0.05) is 35.9 Å². The molecule has 0 bridgehead atoms. The van der Waals surface area contributed by atoms with Crippen molar-refractivity contribution in [3.63, 3.8) is 0 Å². The third kappa shape index (κ3) is 5.57. The van der Waals surface area contributed by atoms with Crippen molar-refractivity contribution in [2.24, 2.45) is 5.73 Å². The van der Waals surface area contributed by atoms with Crippen molar-refractivity contribution in [2.45, 2.75) is 44.1 Å². The summed E-state index contributed by atoms with van der Waals surface area (Å²) in [6.07, 6.45) is 3.36. The van der Waals surface area contributed by atoms with Crippen LogP contribution in [0.15, 0.2) is 48.5 Å². The highest BCUT2D eigenvalue weighted by Crippen LogP contribution is 2.31. The molecule has 1 fully saturated rings. The highest BCUT2D eigenvalue weighted by Gasteiger charge is 2.29. The fourth-order valence-corrected chi connectivity index (χ4v) is 4.96. The van der Waals surface area contributed by atoms with Crippen LogP contribution in [-0.2, 0) is 16.1 Å². The first kappa shape index (κ1) is 23.7. The highest BCUT2D eigenvalue weighted by molar-refractivity contribution is 6.30. The van der Waals surface area contributed by atoms with E-state index in [2.05, 4.69) is 22.8 Å². The van der Waals surface area contributed by atoms with Gasteiger partial charge in [-0.25, -0.2) is 4.98 Å². The number of carbonyl (C=O) groups is 1. The minimum absolute atomic E-state index is 0.00578. The summed E-state index contributed by atoms with van der Waals surface area (Å²) in [5.41, 5.74) is 9.26. The van der Waals surface area contributed by atoms with Gasteiger partial charge in [-0.3, -0.25) is 4.79 Å². The quantitative estimate of drug-likeness (QED) is 0.467. The number of fused-ring (bicyclic) bond motifs is 1. The van der Waals surface area contributed by atoms with E-state index in [4.69, 9.17) is 27.1 Å². The molecule has 1 unspecified atom stereocenters. The average Bonchev–Trinajstić information content (AvgIpc) is 3.22. The lowest BCUT2D eigenvalue weighted by Crippen LogP contribution is -2.40. The zero-order valence-corrected chi connectivity index (χ0v) is 20.0. The van der Waals surface area contributed by atoms with E-state index in [-0.39, 0.29) is 17.7 Å². The molecule has 4 rings (SSSR count). The van der Waals surface area contributed by atoms with Gasteiger partial charge in [0, 0.05) is 56.6 Å². The molecule has 3 aromatic rings. The number of benzene rings is 2. The predicted molar refractivity (Wildman–Crippen MR) is 133 cm³/mol. The third-order valence-corrected chi connectivity index (χ3v) is 6.85. The Bertz CT molecular complexity index is 1070. The van der Waals surface area contributed by atoms with E-state index < -0.39 is 0 Å². The lowest BCUT2D eigenvalue weighted by Gasteiger charge is -2.33. The number of halogens is 1. The minimum Gasteiger partial charge on any atom is -0.385 e. The number of rotatable bonds is 9. The highest BCUT2D eigenvalue weighted by atomic mass is 35.5. The van der Waals surface area contributed by atoms with E-state index in [0.717, 1.165) is 54.8 Å². The molecule has 33 heavy (non-hydrogen) atoms. The van der Waals surface area contributed by atoms with E-state index in [1.54, 1.807) is 7.11 Å². The number of hydrogen-bond donors (Lipinski definition) is 1. The van der Waals surface area contributed by atoms with Gasteiger partial charge in [-0.2, -0.15) is 0 Å². The summed E-state index contributed by atoms with van der Waals surface area (Å²) >= 11 is 6.02. The maximum Gasteiger partial charge on any atom is 0.223 e. The Hall–Kier alpha value is -2.41. The number of methoxy groups -OCH3 is 1. The molecule has 0 aliphatic carbocycles. The lowest BCUT2D eigenvalue weighted by atomic mass is 9.93. The lowest BCUT2D eigenvalue weighted by molar-refractivity contribution is -0.132. The molecule has 2 aromatic carbocycles. The second-order valence-corrected chi connectivity index (χ2v) is 9.26. The Balaban J connectivity index is 1.50. The summed E-state index contributed by atoms with van der Waals surface area (Å²) < 4.78 is 7.60. The van der Waals surface area contributed by atoms with E-state index in [1.165, 1.54) is 0 Å². The third-order valence-electron chi connectivity index (χ3n) is 6.60. The Kier molecular flexibility index (Phi) is 8.02. The number of para-hydroxylation sites is 2. The fraction of sp³-hybridized carbons (Fsp3) is 0.462. The van der Waals surface area contributed by atoms with E-state index >= 15 is 0 Å². The standard InChI is InChI=1S/C26H33ClN4O2/c1-33-15-5-14-31-24-8-3-2-7-23(24)29-26(31)20-6-4-13-30(18-20)25(32)16-21(17-28)19-9-11-22(27)12-10-19/h2-3,7-12,20-21H,4-6,13-18,28H2,1H3/t20-,21?/m1/s1. The molecule has 1 saturated heterocycles. The van der Waals surface area contributed by atoms with Crippen LogP contribution in [0.4, 0.5) is 0 Å². The topological polar surface area (TPSA) is 73.4 Å². The minimum atomic E-state index is -0.00578. The van der Waals surface area contributed by atoms with Crippen molar-refractivity contribution < 1.29 is 9.53 Å². The summed E-state index contributed by atoms with van der Waals surface area (Å²) in [6, 6.07) is 15.9. The molecular formula is C26H33ClN4O2. The van der Waals surface area contributed by atoms with Crippen LogP contribution in [0.2, 0.25) is 5.02 Å². The number of aryl methyl sites for hydroxylation is 1. The molecule has 2 heterocycles. The van der Waals surface area contributed by atoms with Crippen molar-refractivity contribution in [1.29, 1.82) is 0 Å². The molecule has 1 amide bonds. The summed E-state index contributed by atoms with van der Waals surface area (Å²) in [4.78, 5) is 20.3. The van der Waals surface area contributed by atoms with E-state index in [0.29, 0.717) is 31.1 Å². The molecule has 0 spiro atoms. The zero-order chi connectivity index (χ0) is 23.2. The maximum atomic E-state index is 13.3. The Morgan fingerprint density at radius 2 is 2.03 bits per heavy atom. The van der Waals surface area contributed by atoms with Crippen LogP contribution in [0.5, 0.6) is 0 Å². The van der Waals surface area contributed by atoms with Gasteiger partial charge >= 0.3 is 0 Å². The molecule has 1 aliphatic rings. The van der Waals surface area contributed by atoms with Crippen molar-refractivity contribution >= 4 is 28.5 Å². The average molecular weight is 469 g/mol. The molecule has 7 heteroatoms. The molecule has 2 atom stereocenters. The largest absolute Gasteiger partial charge is 0.385 e. The van der Waals surface area contributed by atoms with Gasteiger partial charge in [0.1, 0.15) is 5.82 Å². The first-order valence-corrected chi connectivity index (χ1v) is 12.2. The van der Waals surface area contributed by atoms with Gasteiger partial charge in [-0.15, -0.1) is 0 Å². The number of piperidine rings is 1. The fourth-order valence-electron chi connectivity index (χ4n) is 4.83. The molecule has 1 aromatic heterocycles. The van der Waals surface area contributed by atoms with Gasteiger partial charge < -0.3 is 19.9 Å². The molecule has 0 saturated carbocycles. The number of likely N-dealkylation sites (tertiary alicyclic amines) is 1. The van der Waals surface area contributed by atoms with Crippen LogP contribution < -0.4 is 5.73 Å². The number of nitrogens with zero attached hydrogens (tertiary/aromatic N) is 3. The second kappa shape index (κ2) is 11.1.